The van der Waals surface area contributed by atoms with Crippen LogP contribution in [0.3, 0.4) is 0 Å². The van der Waals surface area contributed by atoms with E-state index in [4.69, 9.17) is 0 Å². The van der Waals surface area contributed by atoms with Gasteiger partial charge in [-0.1, -0.05) is 15.9 Å². The van der Waals surface area contributed by atoms with Crippen molar-refractivity contribution >= 4 is 43.6 Å². The quantitative estimate of drug-likeness (QED) is 0.802. The fourth-order valence-corrected chi connectivity index (χ4v) is 2.45. The van der Waals surface area contributed by atoms with E-state index < -0.39 is 23.1 Å². The predicted octanol–water partition coefficient (Wildman–Crippen LogP) is 4.45. The minimum absolute atomic E-state index is 0.224. The second-order valence-corrected chi connectivity index (χ2v) is 5.85. The molecule has 0 saturated heterocycles. The van der Waals surface area contributed by atoms with Gasteiger partial charge in [0.15, 0.2) is 0 Å². The molecule has 104 valence electrons. The van der Waals surface area contributed by atoms with Gasteiger partial charge in [0.25, 0.3) is 5.91 Å². The highest BCUT2D eigenvalue weighted by molar-refractivity contribution is 9.10. The molecule has 1 N–H and O–H groups in total. The molecule has 0 unspecified atom stereocenters. The number of carbonyl (C=O) groups is 1. The summed E-state index contributed by atoms with van der Waals surface area (Å²) in [5.74, 6) is -2.52. The van der Waals surface area contributed by atoms with E-state index in [9.17, 15) is 13.6 Å². The van der Waals surface area contributed by atoms with E-state index in [0.29, 0.717) is 5.56 Å². The van der Waals surface area contributed by atoms with Crippen LogP contribution < -0.4 is 5.32 Å². The summed E-state index contributed by atoms with van der Waals surface area (Å²) in [6.07, 6.45) is 1.48. The zero-order chi connectivity index (χ0) is 14.9. The molecular weight excluding hydrogens is 398 g/mol. The molecule has 7 heteroatoms. The van der Waals surface area contributed by atoms with Crippen LogP contribution in [0, 0.1) is 18.6 Å². The minimum atomic E-state index is -0.941. The Hall–Kier alpha value is -1.34. The number of aromatic nitrogens is 1. The topological polar surface area (TPSA) is 42.0 Å². The number of hydrogen-bond acceptors (Lipinski definition) is 2. The molecule has 0 saturated carbocycles. The Balaban J connectivity index is 2.33. The maximum absolute atomic E-state index is 13.7. The average molecular weight is 406 g/mol. The molecule has 0 fully saturated rings. The lowest BCUT2D eigenvalue weighted by atomic mass is 10.2. The zero-order valence-corrected chi connectivity index (χ0v) is 13.3. The summed E-state index contributed by atoms with van der Waals surface area (Å²) in [4.78, 5) is 15.9. The number of hydrogen-bond donors (Lipinski definition) is 1. The predicted molar refractivity (Wildman–Crippen MR) is 78.7 cm³/mol. The molecule has 3 nitrogen and oxygen atoms in total. The van der Waals surface area contributed by atoms with Crippen molar-refractivity contribution in [2.45, 2.75) is 6.92 Å². The molecule has 0 aliphatic rings. The third kappa shape index (κ3) is 3.21. The van der Waals surface area contributed by atoms with Gasteiger partial charge in [0.2, 0.25) is 0 Å². The van der Waals surface area contributed by atoms with Crippen LogP contribution in [-0.4, -0.2) is 10.9 Å². The summed E-state index contributed by atoms with van der Waals surface area (Å²) in [5.41, 5.74) is 0.0305. The smallest absolute Gasteiger partial charge is 0.262 e. The number of pyridine rings is 1. The Morgan fingerprint density at radius 3 is 2.30 bits per heavy atom. The number of anilines is 1. The standard InChI is InChI=1S/C13H8Br2F2N2O/c1-6-2-8(15)5-18-12(6)19-13(20)11-9(16)3-7(14)4-10(11)17/h2-5H,1H3,(H,18,19,20). The molecule has 1 aromatic carbocycles. The van der Waals surface area contributed by atoms with E-state index in [2.05, 4.69) is 42.2 Å². The second kappa shape index (κ2) is 5.97. The molecule has 1 heterocycles. The summed E-state index contributed by atoms with van der Waals surface area (Å²) >= 11 is 6.19. The van der Waals surface area contributed by atoms with Gasteiger partial charge < -0.3 is 5.32 Å². The first-order valence-electron chi connectivity index (χ1n) is 5.46. The number of carbonyl (C=O) groups excluding carboxylic acids is 1. The molecule has 20 heavy (non-hydrogen) atoms. The van der Waals surface area contributed by atoms with E-state index in [0.717, 1.165) is 16.6 Å². The van der Waals surface area contributed by atoms with E-state index in [1.807, 2.05) is 0 Å². The van der Waals surface area contributed by atoms with Crippen molar-refractivity contribution in [3.05, 3.63) is 56.1 Å². The lowest BCUT2D eigenvalue weighted by Gasteiger charge is -2.09. The largest absolute Gasteiger partial charge is 0.306 e. The molecule has 0 radical (unpaired) electrons. The Bertz CT molecular complexity index is 669. The normalized spacial score (nSPS) is 10.4. The summed E-state index contributed by atoms with van der Waals surface area (Å²) in [7, 11) is 0. The molecule has 1 aromatic heterocycles. The molecule has 2 aromatic rings. The van der Waals surface area contributed by atoms with Crippen LogP contribution in [0.5, 0.6) is 0 Å². The lowest BCUT2D eigenvalue weighted by Crippen LogP contribution is -2.17. The number of nitrogens with zero attached hydrogens (tertiary/aromatic N) is 1. The maximum atomic E-state index is 13.7. The summed E-state index contributed by atoms with van der Waals surface area (Å²) in [5, 5.41) is 2.39. The van der Waals surface area contributed by atoms with Crippen molar-refractivity contribution < 1.29 is 13.6 Å². The number of nitrogens with one attached hydrogen (secondary N) is 1. The SMILES string of the molecule is Cc1cc(Br)cnc1NC(=O)c1c(F)cc(Br)cc1F. The summed E-state index contributed by atoms with van der Waals surface area (Å²) in [6.45, 7) is 1.72. The maximum Gasteiger partial charge on any atom is 0.262 e. The van der Waals surface area contributed by atoms with Gasteiger partial charge in [-0.2, -0.15) is 0 Å². The van der Waals surface area contributed by atoms with Crippen LogP contribution in [0.25, 0.3) is 0 Å². The van der Waals surface area contributed by atoms with Gasteiger partial charge >= 0.3 is 0 Å². The van der Waals surface area contributed by atoms with Crippen molar-refractivity contribution in [2.75, 3.05) is 5.32 Å². The Morgan fingerprint density at radius 2 is 1.75 bits per heavy atom. The van der Waals surface area contributed by atoms with Gasteiger partial charge in [-0.15, -0.1) is 0 Å². The van der Waals surface area contributed by atoms with Gasteiger partial charge in [-0.05, 0) is 46.6 Å². The van der Waals surface area contributed by atoms with Crippen molar-refractivity contribution in [1.82, 2.24) is 4.98 Å². The Kier molecular flexibility index (Phi) is 4.49. The molecular formula is C13H8Br2F2N2O. The molecule has 0 atom stereocenters. The second-order valence-electron chi connectivity index (χ2n) is 4.02. The third-order valence-corrected chi connectivity index (χ3v) is 3.40. The van der Waals surface area contributed by atoms with Crippen LogP contribution in [0.4, 0.5) is 14.6 Å². The number of halogens is 4. The van der Waals surface area contributed by atoms with Crippen LogP contribution in [0.1, 0.15) is 15.9 Å². The number of aryl methyl sites for hydroxylation is 1. The molecule has 0 aliphatic carbocycles. The molecule has 0 aliphatic heterocycles. The highest BCUT2D eigenvalue weighted by atomic mass is 79.9. The van der Waals surface area contributed by atoms with Gasteiger partial charge in [0.1, 0.15) is 23.0 Å². The average Bonchev–Trinajstić information content (AvgIpc) is 2.31. The van der Waals surface area contributed by atoms with Gasteiger partial charge in [-0.25, -0.2) is 13.8 Å². The Labute approximate surface area is 130 Å². The molecule has 1 amide bonds. The monoisotopic (exact) mass is 404 g/mol. The van der Waals surface area contributed by atoms with Crippen molar-refractivity contribution in [3.63, 3.8) is 0 Å². The van der Waals surface area contributed by atoms with E-state index >= 15 is 0 Å². The van der Waals surface area contributed by atoms with Crippen molar-refractivity contribution in [2.24, 2.45) is 0 Å². The first-order valence-corrected chi connectivity index (χ1v) is 7.05. The Morgan fingerprint density at radius 1 is 1.15 bits per heavy atom. The fourth-order valence-electron chi connectivity index (χ4n) is 1.60. The summed E-state index contributed by atoms with van der Waals surface area (Å²) < 4.78 is 28.3. The molecule has 2 rings (SSSR count). The van der Waals surface area contributed by atoms with Crippen LogP contribution in [0.15, 0.2) is 33.3 Å². The van der Waals surface area contributed by atoms with Gasteiger partial charge in [0.05, 0.1) is 0 Å². The van der Waals surface area contributed by atoms with E-state index in [1.165, 1.54) is 6.20 Å². The number of benzene rings is 1. The van der Waals surface area contributed by atoms with E-state index in [1.54, 1.807) is 13.0 Å². The highest BCUT2D eigenvalue weighted by Crippen LogP contribution is 2.22. The lowest BCUT2D eigenvalue weighted by molar-refractivity contribution is 0.101. The van der Waals surface area contributed by atoms with Gasteiger partial charge in [0, 0.05) is 15.1 Å². The highest BCUT2D eigenvalue weighted by Gasteiger charge is 2.19. The first kappa shape index (κ1) is 15.1. The molecule has 0 bridgehead atoms. The summed E-state index contributed by atoms with van der Waals surface area (Å²) in [6, 6.07) is 3.79. The van der Waals surface area contributed by atoms with Gasteiger partial charge in [-0.3, -0.25) is 4.79 Å². The van der Waals surface area contributed by atoms with Crippen LogP contribution >= 0.6 is 31.9 Å². The minimum Gasteiger partial charge on any atom is -0.306 e. The molecule has 0 spiro atoms. The van der Waals surface area contributed by atoms with E-state index in [-0.39, 0.29) is 10.3 Å². The van der Waals surface area contributed by atoms with Crippen LogP contribution in [0.2, 0.25) is 0 Å². The van der Waals surface area contributed by atoms with Crippen LogP contribution in [-0.2, 0) is 0 Å². The first-order chi connectivity index (χ1) is 9.38. The van der Waals surface area contributed by atoms with Crippen molar-refractivity contribution in [3.8, 4) is 0 Å². The third-order valence-electron chi connectivity index (χ3n) is 2.51. The zero-order valence-electron chi connectivity index (χ0n) is 10.2. The number of amides is 1. The fraction of sp³-hybridized carbons (Fsp3) is 0.0769. The number of rotatable bonds is 2. The van der Waals surface area contributed by atoms with Crippen molar-refractivity contribution in [1.29, 1.82) is 0 Å².